The van der Waals surface area contributed by atoms with Crippen LogP contribution in [0.15, 0.2) is 24.3 Å². The molecular weight excluding hydrogens is 332 g/mol. The summed E-state index contributed by atoms with van der Waals surface area (Å²) in [6.07, 6.45) is 0.449. The van der Waals surface area contributed by atoms with E-state index in [9.17, 15) is 14.4 Å². The summed E-state index contributed by atoms with van der Waals surface area (Å²) in [5.41, 5.74) is 1.58. The van der Waals surface area contributed by atoms with Crippen LogP contribution in [0.1, 0.15) is 36.2 Å². The fourth-order valence-corrected chi connectivity index (χ4v) is 2.89. The van der Waals surface area contributed by atoms with Gasteiger partial charge in [-0.1, -0.05) is 19.1 Å². The highest BCUT2D eigenvalue weighted by Crippen LogP contribution is 2.11. The summed E-state index contributed by atoms with van der Waals surface area (Å²) in [6.45, 7) is 8.15. The standard InChI is InChI=1S/C19H28N4O3/c1-3-18(25)21-14-16-5-4-6-17(13-16)19(26)23-11-9-22(10-12-23)8-7-20-15(2)24/h4-6,13H,3,7-12,14H2,1-2H3,(H,20,24)(H,21,25). The van der Waals surface area contributed by atoms with E-state index >= 15 is 0 Å². The van der Waals surface area contributed by atoms with Crippen molar-refractivity contribution in [3.05, 3.63) is 35.4 Å². The third-order valence-corrected chi connectivity index (χ3v) is 4.45. The summed E-state index contributed by atoms with van der Waals surface area (Å²) in [7, 11) is 0. The number of benzene rings is 1. The molecule has 1 aromatic carbocycles. The van der Waals surface area contributed by atoms with Gasteiger partial charge in [0.25, 0.3) is 5.91 Å². The molecule has 1 aromatic rings. The Morgan fingerprint density at radius 2 is 1.81 bits per heavy atom. The van der Waals surface area contributed by atoms with Gasteiger partial charge < -0.3 is 15.5 Å². The Kier molecular flexibility index (Phi) is 7.59. The molecule has 0 bridgehead atoms. The number of nitrogens with one attached hydrogen (secondary N) is 2. The maximum absolute atomic E-state index is 12.7. The van der Waals surface area contributed by atoms with Crippen molar-refractivity contribution < 1.29 is 14.4 Å². The molecule has 1 aliphatic heterocycles. The zero-order valence-electron chi connectivity index (χ0n) is 15.6. The Morgan fingerprint density at radius 1 is 1.08 bits per heavy atom. The molecule has 0 aliphatic carbocycles. The molecule has 1 aliphatic rings. The van der Waals surface area contributed by atoms with Crippen molar-refractivity contribution >= 4 is 17.7 Å². The maximum Gasteiger partial charge on any atom is 0.253 e. The second-order valence-electron chi connectivity index (χ2n) is 6.45. The van der Waals surface area contributed by atoms with E-state index in [1.165, 1.54) is 6.92 Å². The van der Waals surface area contributed by atoms with Crippen LogP contribution in [-0.4, -0.2) is 66.8 Å². The van der Waals surface area contributed by atoms with Crippen molar-refractivity contribution in [1.29, 1.82) is 0 Å². The predicted molar refractivity (Wildman–Crippen MR) is 99.6 cm³/mol. The molecule has 0 spiro atoms. The van der Waals surface area contributed by atoms with Gasteiger partial charge in [-0.05, 0) is 17.7 Å². The number of piperazine rings is 1. The van der Waals surface area contributed by atoms with Crippen LogP contribution >= 0.6 is 0 Å². The van der Waals surface area contributed by atoms with Gasteiger partial charge in [0.2, 0.25) is 11.8 Å². The van der Waals surface area contributed by atoms with Gasteiger partial charge in [-0.15, -0.1) is 0 Å². The number of rotatable bonds is 7. The van der Waals surface area contributed by atoms with Crippen LogP contribution in [0, 0.1) is 0 Å². The minimum Gasteiger partial charge on any atom is -0.355 e. The van der Waals surface area contributed by atoms with Crippen molar-refractivity contribution in [3.63, 3.8) is 0 Å². The smallest absolute Gasteiger partial charge is 0.253 e. The van der Waals surface area contributed by atoms with E-state index in [2.05, 4.69) is 15.5 Å². The molecule has 0 radical (unpaired) electrons. The normalized spacial score (nSPS) is 14.8. The Bertz CT molecular complexity index is 639. The molecule has 1 fully saturated rings. The summed E-state index contributed by atoms with van der Waals surface area (Å²) < 4.78 is 0. The molecule has 26 heavy (non-hydrogen) atoms. The van der Waals surface area contributed by atoms with Crippen LogP contribution in [-0.2, 0) is 16.1 Å². The molecule has 0 aromatic heterocycles. The molecule has 2 rings (SSSR count). The number of hydrogen-bond acceptors (Lipinski definition) is 4. The molecule has 0 unspecified atom stereocenters. The van der Waals surface area contributed by atoms with Crippen LogP contribution in [0.2, 0.25) is 0 Å². The molecule has 7 heteroatoms. The number of hydrogen-bond donors (Lipinski definition) is 2. The third-order valence-electron chi connectivity index (χ3n) is 4.45. The summed E-state index contributed by atoms with van der Waals surface area (Å²) in [5, 5.41) is 5.62. The highest BCUT2D eigenvalue weighted by molar-refractivity contribution is 5.94. The molecule has 2 N–H and O–H groups in total. The number of nitrogens with zero attached hydrogens (tertiary/aromatic N) is 2. The largest absolute Gasteiger partial charge is 0.355 e. The molecule has 7 nitrogen and oxygen atoms in total. The highest BCUT2D eigenvalue weighted by Gasteiger charge is 2.22. The molecule has 3 amide bonds. The van der Waals surface area contributed by atoms with Gasteiger partial charge in [0.1, 0.15) is 0 Å². The van der Waals surface area contributed by atoms with E-state index in [1.807, 2.05) is 36.1 Å². The summed E-state index contributed by atoms with van der Waals surface area (Å²) in [4.78, 5) is 39.1. The number of amides is 3. The Hall–Kier alpha value is -2.41. The first-order valence-electron chi connectivity index (χ1n) is 9.11. The van der Waals surface area contributed by atoms with Crippen LogP contribution < -0.4 is 10.6 Å². The molecule has 142 valence electrons. The number of carbonyl (C=O) groups is 3. The van der Waals surface area contributed by atoms with Gasteiger partial charge in [0.05, 0.1) is 0 Å². The number of carbonyl (C=O) groups excluding carboxylic acids is 3. The minimum atomic E-state index is -0.0196. The van der Waals surface area contributed by atoms with E-state index in [4.69, 9.17) is 0 Å². The molecule has 1 heterocycles. The van der Waals surface area contributed by atoms with E-state index in [0.29, 0.717) is 38.2 Å². The van der Waals surface area contributed by atoms with E-state index < -0.39 is 0 Å². The fourth-order valence-electron chi connectivity index (χ4n) is 2.89. The first-order valence-corrected chi connectivity index (χ1v) is 9.11. The lowest BCUT2D eigenvalue weighted by Gasteiger charge is -2.34. The minimum absolute atomic E-state index is 0.00267. The zero-order valence-corrected chi connectivity index (χ0v) is 15.6. The lowest BCUT2D eigenvalue weighted by atomic mass is 10.1. The second-order valence-corrected chi connectivity index (χ2v) is 6.45. The van der Waals surface area contributed by atoms with Gasteiger partial charge in [-0.25, -0.2) is 0 Å². The van der Waals surface area contributed by atoms with E-state index in [1.54, 1.807) is 0 Å². The SMILES string of the molecule is CCC(=O)NCc1cccc(C(=O)N2CCN(CCNC(C)=O)CC2)c1. The average Bonchev–Trinajstić information content (AvgIpc) is 2.66. The zero-order chi connectivity index (χ0) is 18.9. The third kappa shape index (κ3) is 6.15. The Morgan fingerprint density at radius 3 is 2.46 bits per heavy atom. The van der Waals surface area contributed by atoms with Crippen molar-refractivity contribution in [2.24, 2.45) is 0 Å². The molecule has 1 saturated heterocycles. The van der Waals surface area contributed by atoms with Gasteiger partial charge in [0.15, 0.2) is 0 Å². The summed E-state index contributed by atoms with van der Waals surface area (Å²) in [5.74, 6) is 0.00103. The summed E-state index contributed by atoms with van der Waals surface area (Å²) >= 11 is 0. The van der Waals surface area contributed by atoms with Crippen molar-refractivity contribution in [3.8, 4) is 0 Å². The highest BCUT2D eigenvalue weighted by atomic mass is 16.2. The van der Waals surface area contributed by atoms with Crippen molar-refractivity contribution in [2.45, 2.75) is 26.8 Å². The van der Waals surface area contributed by atoms with Crippen LogP contribution in [0.3, 0.4) is 0 Å². The van der Waals surface area contributed by atoms with Crippen molar-refractivity contribution in [2.75, 3.05) is 39.3 Å². The Labute approximate surface area is 154 Å². The van der Waals surface area contributed by atoms with Crippen LogP contribution in [0.5, 0.6) is 0 Å². The van der Waals surface area contributed by atoms with Gasteiger partial charge >= 0.3 is 0 Å². The Balaban J connectivity index is 1.84. The fraction of sp³-hybridized carbons (Fsp3) is 0.526. The van der Waals surface area contributed by atoms with Gasteiger partial charge in [-0.2, -0.15) is 0 Å². The van der Waals surface area contributed by atoms with Gasteiger partial charge in [0, 0.05) is 64.7 Å². The molecule has 0 atom stereocenters. The lowest BCUT2D eigenvalue weighted by Crippen LogP contribution is -2.50. The van der Waals surface area contributed by atoms with Crippen molar-refractivity contribution in [1.82, 2.24) is 20.4 Å². The topological polar surface area (TPSA) is 81.8 Å². The van der Waals surface area contributed by atoms with Gasteiger partial charge in [-0.3, -0.25) is 19.3 Å². The second kappa shape index (κ2) is 9.91. The maximum atomic E-state index is 12.7. The monoisotopic (exact) mass is 360 g/mol. The average molecular weight is 360 g/mol. The first kappa shape index (κ1) is 19.9. The summed E-state index contributed by atoms with van der Waals surface area (Å²) in [6, 6.07) is 7.43. The predicted octanol–water partition coefficient (Wildman–Crippen LogP) is 0.607. The quantitative estimate of drug-likeness (QED) is 0.746. The van der Waals surface area contributed by atoms with E-state index in [0.717, 1.165) is 25.2 Å². The lowest BCUT2D eigenvalue weighted by molar-refractivity contribution is -0.121. The van der Waals surface area contributed by atoms with Crippen LogP contribution in [0.4, 0.5) is 0 Å². The molecule has 0 saturated carbocycles. The first-order chi connectivity index (χ1) is 12.5. The van der Waals surface area contributed by atoms with Crippen LogP contribution in [0.25, 0.3) is 0 Å². The van der Waals surface area contributed by atoms with E-state index in [-0.39, 0.29) is 17.7 Å². The molecular formula is C19H28N4O3.